The van der Waals surface area contributed by atoms with Crippen molar-refractivity contribution in [3.05, 3.63) is 0 Å². The lowest BCUT2D eigenvalue weighted by atomic mass is 9.95. The number of rotatable bonds is 7. The summed E-state index contributed by atoms with van der Waals surface area (Å²) < 4.78 is 5.71. The smallest absolute Gasteiger partial charge is 0.220 e. The lowest BCUT2D eigenvalue weighted by Crippen LogP contribution is -2.41. The number of fused-ring (bicyclic) bond motifs is 2. The minimum atomic E-state index is 0. The van der Waals surface area contributed by atoms with Gasteiger partial charge in [0.1, 0.15) is 0 Å². The van der Waals surface area contributed by atoms with Crippen molar-refractivity contribution in [1.82, 2.24) is 5.32 Å². The number of halogens is 1. The van der Waals surface area contributed by atoms with Crippen LogP contribution >= 0.6 is 12.4 Å². The highest BCUT2D eigenvalue weighted by molar-refractivity contribution is 5.85. The fourth-order valence-corrected chi connectivity index (χ4v) is 2.85. The van der Waals surface area contributed by atoms with Gasteiger partial charge < -0.3 is 15.8 Å². The van der Waals surface area contributed by atoms with Crippen LogP contribution in [0.1, 0.15) is 51.4 Å². The second-order valence-corrected chi connectivity index (χ2v) is 5.24. The van der Waals surface area contributed by atoms with Crippen LogP contribution in [-0.4, -0.2) is 30.7 Å². The first-order valence-corrected chi connectivity index (χ1v) is 6.94. The largest absolute Gasteiger partial charge is 0.373 e. The van der Waals surface area contributed by atoms with Gasteiger partial charge in [0.05, 0.1) is 18.2 Å². The van der Waals surface area contributed by atoms with E-state index in [4.69, 9.17) is 10.5 Å². The average Bonchev–Trinajstić information content (AvgIpc) is 2.90. The summed E-state index contributed by atoms with van der Waals surface area (Å²) in [5.41, 5.74) is 5.42. The maximum absolute atomic E-state index is 11.7. The molecule has 3 N–H and O–H groups in total. The third-order valence-electron chi connectivity index (χ3n) is 3.81. The van der Waals surface area contributed by atoms with Gasteiger partial charge in [-0.1, -0.05) is 12.8 Å². The molecule has 0 aromatic heterocycles. The molecule has 1 amide bonds. The van der Waals surface area contributed by atoms with E-state index in [-0.39, 0.29) is 24.4 Å². The Bertz CT molecular complexity index is 263. The van der Waals surface area contributed by atoms with Crippen molar-refractivity contribution in [2.75, 3.05) is 6.54 Å². The quantitative estimate of drug-likeness (QED) is 0.697. The molecule has 106 valence electrons. The number of unbranched alkanes of at least 4 members (excludes halogenated alkanes) is 3. The van der Waals surface area contributed by atoms with Gasteiger partial charge in [0, 0.05) is 6.42 Å². The number of amides is 1. The first-order valence-electron chi connectivity index (χ1n) is 6.94. The van der Waals surface area contributed by atoms with Crippen LogP contribution in [0.3, 0.4) is 0 Å². The maximum Gasteiger partial charge on any atom is 0.220 e. The molecule has 0 aliphatic carbocycles. The summed E-state index contributed by atoms with van der Waals surface area (Å²) in [6.45, 7) is 0.759. The molecule has 0 aromatic rings. The van der Waals surface area contributed by atoms with Crippen LogP contribution in [0.2, 0.25) is 0 Å². The highest BCUT2D eigenvalue weighted by Gasteiger charge is 2.41. The second-order valence-electron chi connectivity index (χ2n) is 5.24. The van der Waals surface area contributed by atoms with E-state index in [0.717, 1.165) is 45.1 Å². The predicted octanol–water partition coefficient (Wildman–Crippen LogP) is 1.75. The van der Waals surface area contributed by atoms with E-state index in [2.05, 4.69) is 5.32 Å². The Labute approximate surface area is 115 Å². The van der Waals surface area contributed by atoms with E-state index >= 15 is 0 Å². The van der Waals surface area contributed by atoms with Gasteiger partial charge in [-0.15, -0.1) is 12.4 Å². The minimum absolute atomic E-state index is 0. The van der Waals surface area contributed by atoms with Crippen LogP contribution < -0.4 is 11.1 Å². The van der Waals surface area contributed by atoms with E-state index in [1.165, 1.54) is 6.42 Å². The zero-order valence-corrected chi connectivity index (χ0v) is 11.7. The Morgan fingerprint density at radius 2 is 2.00 bits per heavy atom. The molecule has 2 heterocycles. The monoisotopic (exact) mass is 276 g/mol. The number of carbonyl (C=O) groups is 1. The molecule has 0 spiro atoms. The number of hydrogen-bond donors (Lipinski definition) is 2. The lowest BCUT2D eigenvalue weighted by Gasteiger charge is -2.19. The Morgan fingerprint density at radius 1 is 1.22 bits per heavy atom. The van der Waals surface area contributed by atoms with Crippen molar-refractivity contribution in [3.63, 3.8) is 0 Å². The van der Waals surface area contributed by atoms with Crippen LogP contribution in [0.25, 0.3) is 0 Å². The number of carbonyl (C=O) groups excluding carboxylic acids is 1. The van der Waals surface area contributed by atoms with E-state index < -0.39 is 0 Å². The minimum Gasteiger partial charge on any atom is -0.373 e. The van der Waals surface area contributed by atoms with Gasteiger partial charge in [-0.05, 0) is 38.6 Å². The predicted molar refractivity (Wildman–Crippen MR) is 73.8 cm³/mol. The topological polar surface area (TPSA) is 64.4 Å². The SMILES string of the molecule is Cl.NCCCCCCC(=O)NC1CC2CCC1O2. The first kappa shape index (κ1) is 15.7. The number of hydrogen-bond acceptors (Lipinski definition) is 3. The van der Waals surface area contributed by atoms with Gasteiger partial charge >= 0.3 is 0 Å². The average molecular weight is 277 g/mol. The molecular formula is C13H25ClN2O2. The molecule has 0 radical (unpaired) electrons. The molecule has 2 rings (SSSR count). The summed E-state index contributed by atoms with van der Waals surface area (Å²) in [5, 5.41) is 3.11. The van der Waals surface area contributed by atoms with Crippen molar-refractivity contribution >= 4 is 18.3 Å². The molecule has 0 aromatic carbocycles. The Hall–Kier alpha value is -0.320. The molecule has 2 saturated heterocycles. The molecule has 0 saturated carbocycles. The van der Waals surface area contributed by atoms with Gasteiger partial charge in [0.2, 0.25) is 5.91 Å². The van der Waals surface area contributed by atoms with E-state index in [1.54, 1.807) is 0 Å². The molecular weight excluding hydrogens is 252 g/mol. The van der Waals surface area contributed by atoms with Crippen molar-refractivity contribution in [1.29, 1.82) is 0 Å². The van der Waals surface area contributed by atoms with Crippen LogP contribution in [0.15, 0.2) is 0 Å². The molecule has 2 fully saturated rings. The number of nitrogens with two attached hydrogens (primary N) is 1. The van der Waals surface area contributed by atoms with Gasteiger partial charge in [0.15, 0.2) is 0 Å². The first-order chi connectivity index (χ1) is 8.29. The molecule has 2 aliphatic rings. The van der Waals surface area contributed by atoms with Crippen LogP contribution in [0, 0.1) is 0 Å². The maximum atomic E-state index is 11.7. The third-order valence-corrected chi connectivity index (χ3v) is 3.81. The van der Waals surface area contributed by atoms with E-state index in [9.17, 15) is 4.79 Å². The summed E-state index contributed by atoms with van der Waals surface area (Å²) in [4.78, 5) is 11.7. The Morgan fingerprint density at radius 3 is 2.61 bits per heavy atom. The summed E-state index contributed by atoms with van der Waals surface area (Å²) in [7, 11) is 0. The molecule has 3 atom stereocenters. The third kappa shape index (κ3) is 4.41. The molecule has 3 unspecified atom stereocenters. The fourth-order valence-electron chi connectivity index (χ4n) is 2.85. The molecule has 2 bridgehead atoms. The fraction of sp³-hybridized carbons (Fsp3) is 0.923. The normalized spacial score (nSPS) is 29.1. The lowest BCUT2D eigenvalue weighted by molar-refractivity contribution is -0.122. The van der Waals surface area contributed by atoms with Gasteiger partial charge in [-0.2, -0.15) is 0 Å². The summed E-state index contributed by atoms with van der Waals surface area (Å²) in [6.07, 6.45) is 8.97. The second kappa shape index (κ2) is 7.97. The van der Waals surface area contributed by atoms with Gasteiger partial charge in [0.25, 0.3) is 0 Å². The summed E-state index contributed by atoms with van der Waals surface area (Å²) in [5.74, 6) is 0.193. The van der Waals surface area contributed by atoms with Crippen molar-refractivity contribution < 1.29 is 9.53 Å². The van der Waals surface area contributed by atoms with Crippen molar-refractivity contribution in [2.45, 2.75) is 69.6 Å². The van der Waals surface area contributed by atoms with Crippen molar-refractivity contribution in [2.24, 2.45) is 5.73 Å². The van der Waals surface area contributed by atoms with Crippen LogP contribution in [0.5, 0.6) is 0 Å². The van der Waals surface area contributed by atoms with E-state index in [1.807, 2.05) is 0 Å². The number of ether oxygens (including phenoxy) is 1. The Balaban J connectivity index is 0.00000162. The standard InChI is InChI=1S/C13H24N2O2.ClH/c14-8-4-2-1-3-5-13(16)15-11-9-10-6-7-12(11)17-10;/h10-12H,1-9,14H2,(H,15,16);1H. The summed E-state index contributed by atoms with van der Waals surface area (Å²) >= 11 is 0. The van der Waals surface area contributed by atoms with Gasteiger partial charge in [-0.3, -0.25) is 4.79 Å². The van der Waals surface area contributed by atoms with Gasteiger partial charge in [-0.25, -0.2) is 0 Å². The highest BCUT2D eigenvalue weighted by atomic mass is 35.5. The molecule has 5 heteroatoms. The summed E-state index contributed by atoms with van der Waals surface area (Å²) in [6, 6.07) is 0.283. The molecule has 18 heavy (non-hydrogen) atoms. The zero-order valence-electron chi connectivity index (χ0n) is 10.9. The molecule has 2 aliphatic heterocycles. The highest BCUT2D eigenvalue weighted by Crippen LogP contribution is 2.34. The van der Waals surface area contributed by atoms with Crippen LogP contribution in [0.4, 0.5) is 0 Å². The number of nitrogens with one attached hydrogen (secondary N) is 1. The molecule has 4 nitrogen and oxygen atoms in total. The zero-order chi connectivity index (χ0) is 12.1. The Kier molecular flexibility index (Phi) is 6.97. The van der Waals surface area contributed by atoms with E-state index in [0.29, 0.717) is 18.6 Å². The van der Waals surface area contributed by atoms with Crippen LogP contribution in [-0.2, 0) is 9.53 Å². The van der Waals surface area contributed by atoms with Crippen molar-refractivity contribution in [3.8, 4) is 0 Å².